The largest absolute Gasteiger partial charge is 0.417 e. The van der Waals surface area contributed by atoms with Gasteiger partial charge in [-0.25, -0.2) is 0 Å². The van der Waals surface area contributed by atoms with Crippen LogP contribution in [0.3, 0.4) is 0 Å². The van der Waals surface area contributed by atoms with Crippen LogP contribution in [0.15, 0.2) is 22.7 Å². The maximum atomic E-state index is 12.3. The van der Waals surface area contributed by atoms with E-state index in [2.05, 4.69) is 15.9 Å². The van der Waals surface area contributed by atoms with Gasteiger partial charge in [0, 0.05) is 4.47 Å². The molecule has 1 aromatic rings. The maximum absolute atomic E-state index is 12.3. The highest BCUT2D eigenvalue weighted by molar-refractivity contribution is 9.10. The molecular weight excluding hydrogens is 259 g/mol. The van der Waals surface area contributed by atoms with Crippen molar-refractivity contribution in [2.75, 3.05) is 6.54 Å². The van der Waals surface area contributed by atoms with Crippen molar-refractivity contribution in [3.8, 4) is 0 Å². The molecule has 14 heavy (non-hydrogen) atoms. The maximum Gasteiger partial charge on any atom is 0.417 e. The quantitative estimate of drug-likeness (QED) is 0.876. The molecule has 0 amide bonds. The van der Waals surface area contributed by atoms with Crippen molar-refractivity contribution in [1.82, 2.24) is 0 Å². The van der Waals surface area contributed by atoms with Crippen LogP contribution in [0.25, 0.3) is 0 Å². The molecule has 0 atom stereocenters. The normalized spacial score (nSPS) is 11.8. The molecule has 1 nitrogen and oxygen atoms in total. The third-order valence-electron chi connectivity index (χ3n) is 1.77. The van der Waals surface area contributed by atoms with E-state index in [1.807, 2.05) is 0 Å². The van der Waals surface area contributed by atoms with E-state index in [1.54, 1.807) is 0 Å². The van der Waals surface area contributed by atoms with Crippen molar-refractivity contribution in [2.24, 2.45) is 5.73 Å². The predicted molar refractivity (Wildman–Crippen MR) is 51.9 cm³/mol. The summed E-state index contributed by atoms with van der Waals surface area (Å²) >= 11 is 2.89. The van der Waals surface area contributed by atoms with E-state index in [-0.39, 0.29) is 4.47 Å². The fraction of sp³-hybridized carbons (Fsp3) is 0.333. The molecule has 0 aliphatic rings. The van der Waals surface area contributed by atoms with Gasteiger partial charge in [-0.3, -0.25) is 0 Å². The van der Waals surface area contributed by atoms with Crippen LogP contribution < -0.4 is 5.73 Å². The van der Waals surface area contributed by atoms with Gasteiger partial charge in [0.05, 0.1) is 5.56 Å². The summed E-state index contributed by atoms with van der Waals surface area (Å²) in [5.74, 6) is 0. The highest BCUT2D eigenvalue weighted by Crippen LogP contribution is 2.35. The minimum atomic E-state index is -4.31. The summed E-state index contributed by atoms with van der Waals surface area (Å²) in [4.78, 5) is 0. The highest BCUT2D eigenvalue weighted by Gasteiger charge is 2.32. The van der Waals surface area contributed by atoms with Crippen molar-refractivity contribution in [3.05, 3.63) is 33.8 Å². The molecule has 78 valence electrons. The first-order valence-corrected chi connectivity index (χ1v) is 4.80. The van der Waals surface area contributed by atoms with E-state index in [0.717, 1.165) is 11.6 Å². The second-order valence-corrected chi connectivity index (χ2v) is 3.70. The lowest BCUT2D eigenvalue weighted by Gasteiger charge is -2.10. The number of benzene rings is 1. The molecule has 0 unspecified atom stereocenters. The Balaban J connectivity index is 3.02. The zero-order valence-corrected chi connectivity index (χ0v) is 8.82. The standard InChI is InChI=1S/C9H9BrF3N/c10-8-5-6(3-4-14)1-2-7(8)9(11,12)13/h1-2,5H,3-4,14H2. The van der Waals surface area contributed by atoms with E-state index >= 15 is 0 Å². The van der Waals surface area contributed by atoms with E-state index in [4.69, 9.17) is 5.73 Å². The van der Waals surface area contributed by atoms with Gasteiger partial charge in [-0.1, -0.05) is 22.0 Å². The lowest BCUT2D eigenvalue weighted by Crippen LogP contribution is -2.07. The Morgan fingerprint density at radius 1 is 1.29 bits per heavy atom. The van der Waals surface area contributed by atoms with Crippen LogP contribution >= 0.6 is 15.9 Å². The van der Waals surface area contributed by atoms with E-state index < -0.39 is 11.7 Å². The number of rotatable bonds is 2. The number of alkyl halides is 3. The molecule has 0 saturated carbocycles. The second-order valence-electron chi connectivity index (χ2n) is 2.85. The summed E-state index contributed by atoms with van der Waals surface area (Å²) in [7, 11) is 0. The number of halogens is 4. The van der Waals surface area contributed by atoms with Gasteiger partial charge in [-0.05, 0) is 30.7 Å². The molecular formula is C9H9BrF3N. The molecule has 0 aromatic heterocycles. The Morgan fingerprint density at radius 2 is 1.93 bits per heavy atom. The van der Waals surface area contributed by atoms with Crippen molar-refractivity contribution in [1.29, 1.82) is 0 Å². The minimum Gasteiger partial charge on any atom is -0.330 e. The average Bonchev–Trinajstić information content (AvgIpc) is 2.02. The highest BCUT2D eigenvalue weighted by atomic mass is 79.9. The zero-order valence-electron chi connectivity index (χ0n) is 7.24. The smallest absolute Gasteiger partial charge is 0.330 e. The van der Waals surface area contributed by atoms with Gasteiger partial charge < -0.3 is 5.73 Å². The minimum absolute atomic E-state index is 0.0657. The van der Waals surface area contributed by atoms with E-state index in [0.29, 0.717) is 13.0 Å². The van der Waals surface area contributed by atoms with Gasteiger partial charge in [0.15, 0.2) is 0 Å². The predicted octanol–water partition coefficient (Wildman–Crippen LogP) is 2.97. The first kappa shape index (κ1) is 11.5. The molecule has 0 heterocycles. The number of hydrogen-bond acceptors (Lipinski definition) is 1. The first-order chi connectivity index (χ1) is 6.45. The lowest BCUT2D eigenvalue weighted by molar-refractivity contribution is -0.138. The van der Waals surface area contributed by atoms with Crippen LogP contribution in [0.4, 0.5) is 13.2 Å². The first-order valence-electron chi connectivity index (χ1n) is 4.01. The molecule has 0 radical (unpaired) electrons. The number of hydrogen-bond donors (Lipinski definition) is 1. The Morgan fingerprint density at radius 3 is 2.36 bits per heavy atom. The molecule has 0 spiro atoms. The Hall–Kier alpha value is -0.550. The second kappa shape index (κ2) is 4.31. The summed E-state index contributed by atoms with van der Waals surface area (Å²) in [6.07, 6.45) is -3.73. The van der Waals surface area contributed by atoms with Gasteiger partial charge in [0.25, 0.3) is 0 Å². The molecule has 0 fully saturated rings. The van der Waals surface area contributed by atoms with Gasteiger partial charge >= 0.3 is 6.18 Å². The summed E-state index contributed by atoms with van der Waals surface area (Å²) in [6.45, 7) is 0.428. The summed E-state index contributed by atoms with van der Waals surface area (Å²) in [6, 6.07) is 3.96. The van der Waals surface area contributed by atoms with Crippen LogP contribution in [0.2, 0.25) is 0 Å². The van der Waals surface area contributed by atoms with Crippen LogP contribution in [0.5, 0.6) is 0 Å². The van der Waals surface area contributed by atoms with Gasteiger partial charge in [-0.15, -0.1) is 0 Å². The fourth-order valence-electron chi connectivity index (χ4n) is 1.11. The Labute approximate surface area is 88.2 Å². The Bertz CT molecular complexity index is 322. The van der Waals surface area contributed by atoms with Crippen LogP contribution in [0, 0.1) is 0 Å². The third-order valence-corrected chi connectivity index (χ3v) is 2.43. The molecule has 0 aliphatic carbocycles. The topological polar surface area (TPSA) is 26.0 Å². The van der Waals surface area contributed by atoms with Crippen molar-refractivity contribution >= 4 is 15.9 Å². The molecule has 2 N–H and O–H groups in total. The van der Waals surface area contributed by atoms with Crippen LogP contribution in [-0.4, -0.2) is 6.54 Å². The van der Waals surface area contributed by atoms with Gasteiger partial charge in [0.1, 0.15) is 0 Å². The fourth-order valence-corrected chi connectivity index (χ4v) is 1.76. The monoisotopic (exact) mass is 267 g/mol. The van der Waals surface area contributed by atoms with Gasteiger partial charge in [-0.2, -0.15) is 13.2 Å². The molecule has 1 rings (SSSR count). The zero-order chi connectivity index (χ0) is 10.8. The SMILES string of the molecule is NCCc1ccc(C(F)(F)F)c(Br)c1. The molecule has 0 bridgehead atoms. The Kier molecular flexibility index (Phi) is 3.55. The molecule has 5 heteroatoms. The lowest BCUT2D eigenvalue weighted by atomic mass is 10.1. The molecule has 1 aromatic carbocycles. The van der Waals surface area contributed by atoms with Crippen molar-refractivity contribution in [3.63, 3.8) is 0 Å². The van der Waals surface area contributed by atoms with Gasteiger partial charge in [0.2, 0.25) is 0 Å². The average molecular weight is 268 g/mol. The van der Waals surface area contributed by atoms with Crippen molar-refractivity contribution in [2.45, 2.75) is 12.6 Å². The van der Waals surface area contributed by atoms with E-state index in [9.17, 15) is 13.2 Å². The van der Waals surface area contributed by atoms with Crippen LogP contribution in [-0.2, 0) is 12.6 Å². The summed E-state index contributed by atoms with van der Waals surface area (Å²) < 4.78 is 37.0. The van der Waals surface area contributed by atoms with E-state index in [1.165, 1.54) is 12.1 Å². The molecule has 0 saturated heterocycles. The summed E-state index contributed by atoms with van der Waals surface area (Å²) in [5, 5.41) is 0. The van der Waals surface area contributed by atoms with Crippen LogP contribution in [0.1, 0.15) is 11.1 Å². The summed E-state index contributed by atoms with van der Waals surface area (Å²) in [5.41, 5.74) is 5.44. The number of nitrogens with two attached hydrogens (primary N) is 1. The third kappa shape index (κ3) is 2.72. The molecule has 0 aliphatic heterocycles. The van der Waals surface area contributed by atoms with Crippen molar-refractivity contribution < 1.29 is 13.2 Å².